The molecule has 0 fully saturated rings. The van der Waals surface area contributed by atoms with Crippen molar-refractivity contribution in [1.82, 2.24) is 4.90 Å². The van der Waals surface area contributed by atoms with Crippen LogP contribution in [0.3, 0.4) is 0 Å². The van der Waals surface area contributed by atoms with Gasteiger partial charge in [-0.15, -0.1) is 0 Å². The molecular formula is C12H16FNO. The molecule has 82 valence electrons. The number of nitrogens with zero attached hydrogens (tertiary/aromatic N) is 1. The Balaban J connectivity index is 2.71. The van der Waals surface area contributed by atoms with Crippen LogP contribution in [0, 0.1) is 5.82 Å². The second-order valence-electron chi connectivity index (χ2n) is 3.63. The maximum absolute atomic E-state index is 13.4. The second-order valence-corrected chi connectivity index (χ2v) is 3.63. The molecule has 1 unspecified atom stereocenters. The average molecular weight is 209 g/mol. The van der Waals surface area contributed by atoms with Gasteiger partial charge in [-0.05, 0) is 20.0 Å². The van der Waals surface area contributed by atoms with E-state index in [4.69, 9.17) is 0 Å². The third-order valence-electron chi connectivity index (χ3n) is 2.62. The summed E-state index contributed by atoms with van der Waals surface area (Å²) in [4.78, 5) is 12.2. The Kier molecular flexibility index (Phi) is 4.43. The zero-order valence-corrected chi connectivity index (χ0v) is 9.11. The molecule has 0 aromatic heterocycles. The molecule has 0 N–H and O–H groups in total. The Bertz CT molecular complexity index is 327. The van der Waals surface area contributed by atoms with Gasteiger partial charge >= 0.3 is 0 Å². The zero-order valence-electron chi connectivity index (χ0n) is 9.11. The fourth-order valence-electron chi connectivity index (χ4n) is 1.50. The lowest BCUT2D eigenvalue weighted by atomic mass is 10.1. The highest BCUT2D eigenvalue weighted by atomic mass is 19.1. The standard InChI is InChI=1S/C12H16FNO/c1-10(14(2)8-5-9-15)11-6-3-4-7-12(11)13/h3-4,6-7,9-10H,5,8H2,1-2H3. The fourth-order valence-corrected chi connectivity index (χ4v) is 1.50. The topological polar surface area (TPSA) is 20.3 Å². The second kappa shape index (κ2) is 5.61. The minimum Gasteiger partial charge on any atom is -0.303 e. The summed E-state index contributed by atoms with van der Waals surface area (Å²) >= 11 is 0. The van der Waals surface area contributed by atoms with Gasteiger partial charge in [0.1, 0.15) is 12.1 Å². The number of benzene rings is 1. The lowest BCUT2D eigenvalue weighted by Gasteiger charge is -2.24. The molecule has 0 spiro atoms. The lowest BCUT2D eigenvalue weighted by molar-refractivity contribution is -0.108. The minimum atomic E-state index is -0.192. The van der Waals surface area contributed by atoms with E-state index >= 15 is 0 Å². The van der Waals surface area contributed by atoms with Gasteiger partial charge in [0.2, 0.25) is 0 Å². The molecule has 0 saturated heterocycles. The van der Waals surface area contributed by atoms with E-state index in [1.54, 1.807) is 12.1 Å². The van der Waals surface area contributed by atoms with Gasteiger partial charge in [-0.2, -0.15) is 0 Å². The number of aldehydes is 1. The molecule has 0 aliphatic rings. The third kappa shape index (κ3) is 3.13. The predicted octanol–water partition coefficient (Wildman–Crippen LogP) is 2.41. The van der Waals surface area contributed by atoms with E-state index in [1.807, 2.05) is 24.9 Å². The highest BCUT2D eigenvalue weighted by molar-refractivity contribution is 5.49. The smallest absolute Gasteiger partial charge is 0.127 e. The van der Waals surface area contributed by atoms with Gasteiger partial charge in [0.05, 0.1) is 0 Å². The molecule has 15 heavy (non-hydrogen) atoms. The van der Waals surface area contributed by atoms with Crippen LogP contribution in [0.5, 0.6) is 0 Å². The van der Waals surface area contributed by atoms with E-state index < -0.39 is 0 Å². The molecule has 0 saturated carbocycles. The molecule has 0 amide bonds. The summed E-state index contributed by atoms with van der Waals surface area (Å²) in [6.45, 7) is 2.59. The summed E-state index contributed by atoms with van der Waals surface area (Å²) in [5, 5.41) is 0. The van der Waals surface area contributed by atoms with E-state index in [0.717, 1.165) is 6.29 Å². The number of carbonyl (C=O) groups excluding carboxylic acids is 1. The Morgan fingerprint density at radius 1 is 1.47 bits per heavy atom. The highest BCUT2D eigenvalue weighted by Crippen LogP contribution is 2.21. The predicted molar refractivity (Wildman–Crippen MR) is 58.1 cm³/mol. The first-order chi connectivity index (χ1) is 7.16. The number of hydrogen-bond acceptors (Lipinski definition) is 2. The average Bonchev–Trinajstić information content (AvgIpc) is 2.25. The Morgan fingerprint density at radius 3 is 2.73 bits per heavy atom. The summed E-state index contributed by atoms with van der Waals surface area (Å²) in [5.74, 6) is -0.192. The summed E-state index contributed by atoms with van der Waals surface area (Å²) in [6, 6.07) is 6.72. The molecule has 1 aromatic carbocycles. The Labute approximate surface area is 89.7 Å². The van der Waals surface area contributed by atoms with Crippen LogP contribution in [0.2, 0.25) is 0 Å². The fraction of sp³-hybridized carbons (Fsp3) is 0.417. The maximum atomic E-state index is 13.4. The van der Waals surface area contributed by atoms with Crippen LogP contribution >= 0.6 is 0 Å². The maximum Gasteiger partial charge on any atom is 0.127 e. The van der Waals surface area contributed by atoms with Crippen molar-refractivity contribution in [1.29, 1.82) is 0 Å². The number of halogens is 1. The quantitative estimate of drug-likeness (QED) is 0.694. The van der Waals surface area contributed by atoms with Gasteiger partial charge < -0.3 is 4.79 Å². The van der Waals surface area contributed by atoms with E-state index in [-0.39, 0.29) is 11.9 Å². The van der Waals surface area contributed by atoms with Crippen LogP contribution in [0.15, 0.2) is 24.3 Å². The van der Waals surface area contributed by atoms with Crippen LogP contribution in [0.25, 0.3) is 0 Å². The molecule has 0 heterocycles. The molecule has 0 bridgehead atoms. The van der Waals surface area contributed by atoms with E-state index in [2.05, 4.69) is 0 Å². The van der Waals surface area contributed by atoms with Crippen molar-refractivity contribution in [2.45, 2.75) is 19.4 Å². The van der Waals surface area contributed by atoms with Crippen molar-refractivity contribution in [2.75, 3.05) is 13.6 Å². The first-order valence-electron chi connectivity index (χ1n) is 5.05. The molecule has 1 atom stereocenters. The molecule has 3 heteroatoms. The molecule has 2 nitrogen and oxygen atoms in total. The largest absolute Gasteiger partial charge is 0.303 e. The van der Waals surface area contributed by atoms with Crippen molar-refractivity contribution in [3.63, 3.8) is 0 Å². The minimum absolute atomic E-state index is 0.00819. The Morgan fingerprint density at radius 2 is 2.13 bits per heavy atom. The summed E-state index contributed by atoms with van der Waals surface area (Å²) in [7, 11) is 1.89. The van der Waals surface area contributed by atoms with E-state index in [9.17, 15) is 9.18 Å². The van der Waals surface area contributed by atoms with Crippen molar-refractivity contribution in [2.24, 2.45) is 0 Å². The molecule has 0 aliphatic carbocycles. The van der Waals surface area contributed by atoms with Gasteiger partial charge in [0, 0.05) is 24.6 Å². The number of hydrogen-bond donors (Lipinski definition) is 0. The van der Waals surface area contributed by atoms with Gasteiger partial charge in [0.15, 0.2) is 0 Å². The van der Waals surface area contributed by atoms with E-state index in [1.165, 1.54) is 6.07 Å². The van der Waals surface area contributed by atoms with Crippen molar-refractivity contribution < 1.29 is 9.18 Å². The van der Waals surface area contributed by atoms with Crippen molar-refractivity contribution >= 4 is 6.29 Å². The Hall–Kier alpha value is -1.22. The molecule has 1 rings (SSSR count). The van der Waals surface area contributed by atoms with Gasteiger partial charge in [-0.25, -0.2) is 4.39 Å². The number of rotatable bonds is 5. The first-order valence-corrected chi connectivity index (χ1v) is 5.05. The molecule has 0 aliphatic heterocycles. The summed E-state index contributed by atoms with van der Waals surface area (Å²) in [5.41, 5.74) is 0.672. The third-order valence-corrected chi connectivity index (χ3v) is 2.62. The molecule has 0 radical (unpaired) electrons. The monoisotopic (exact) mass is 209 g/mol. The normalized spacial score (nSPS) is 12.8. The van der Waals surface area contributed by atoms with Crippen LogP contribution in [0.1, 0.15) is 24.9 Å². The molecular weight excluding hydrogens is 193 g/mol. The van der Waals surface area contributed by atoms with Crippen molar-refractivity contribution in [3.8, 4) is 0 Å². The van der Waals surface area contributed by atoms with Crippen LogP contribution < -0.4 is 0 Å². The van der Waals surface area contributed by atoms with Gasteiger partial charge in [0.25, 0.3) is 0 Å². The SMILES string of the molecule is CC(c1ccccc1F)N(C)CCC=O. The summed E-state index contributed by atoms with van der Waals surface area (Å²) < 4.78 is 13.4. The molecule has 1 aromatic rings. The van der Waals surface area contributed by atoms with Crippen LogP contribution in [0.4, 0.5) is 4.39 Å². The van der Waals surface area contributed by atoms with Crippen molar-refractivity contribution in [3.05, 3.63) is 35.6 Å². The van der Waals surface area contributed by atoms with Gasteiger partial charge in [-0.1, -0.05) is 18.2 Å². The van der Waals surface area contributed by atoms with Gasteiger partial charge in [-0.3, -0.25) is 4.90 Å². The zero-order chi connectivity index (χ0) is 11.3. The van der Waals surface area contributed by atoms with Crippen LogP contribution in [-0.2, 0) is 4.79 Å². The lowest BCUT2D eigenvalue weighted by Crippen LogP contribution is -2.24. The summed E-state index contributed by atoms with van der Waals surface area (Å²) in [6.07, 6.45) is 1.36. The highest BCUT2D eigenvalue weighted by Gasteiger charge is 2.14. The number of carbonyl (C=O) groups is 1. The van der Waals surface area contributed by atoms with Crippen LogP contribution in [-0.4, -0.2) is 24.8 Å². The first kappa shape index (κ1) is 11.9. The van der Waals surface area contributed by atoms with E-state index in [0.29, 0.717) is 18.5 Å².